The molecule has 19 heavy (non-hydrogen) atoms. The van der Waals surface area contributed by atoms with E-state index in [1.54, 1.807) is 0 Å². The van der Waals surface area contributed by atoms with Crippen molar-refractivity contribution in [2.45, 2.75) is 72.3 Å². The van der Waals surface area contributed by atoms with Gasteiger partial charge in [0, 0.05) is 12.2 Å². The highest BCUT2D eigenvalue weighted by atomic mass is 16.2. The van der Waals surface area contributed by atoms with Crippen molar-refractivity contribution >= 4 is 5.91 Å². The van der Waals surface area contributed by atoms with Crippen LogP contribution in [0.25, 0.3) is 0 Å². The van der Waals surface area contributed by atoms with Crippen molar-refractivity contribution in [1.82, 2.24) is 10.6 Å². The zero-order chi connectivity index (χ0) is 14.7. The predicted molar refractivity (Wildman–Crippen MR) is 83.0 cm³/mol. The molecule has 0 saturated heterocycles. The number of likely N-dealkylation sites (N-methyl/N-ethyl adjacent to an activating group) is 1. The van der Waals surface area contributed by atoms with Crippen LogP contribution >= 0.6 is 0 Å². The van der Waals surface area contributed by atoms with Crippen LogP contribution in [0.1, 0.15) is 66.2 Å². The van der Waals surface area contributed by atoms with Crippen molar-refractivity contribution in [3.63, 3.8) is 0 Å². The number of amides is 1. The fourth-order valence-electron chi connectivity index (χ4n) is 2.41. The van der Waals surface area contributed by atoms with Crippen LogP contribution < -0.4 is 10.6 Å². The van der Waals surface area contributed by atoms with E-state index in [1.165, 1.54) is 25.7 Å². The van der Waals surface area contributed by atoms with Gasteiger partial charge in [0.05, 0.1) is 0 Å². The molecule has 0 aromatic carbocycles. The maximum atomic E-state index is 12.0. The molecular weight excluding hydrogens is 236 g/mol. The Balaban J connectivity index is 0.000000982. The van der Waals surface area contributed by atoms with E-state index < -0.39 is 0 Å². The largest absolute Gasteiger partial charge is 0.378 e. The van der Waals surface area contributed by atoms with Crippen LogP contribution in [-0.2, 0) is 4.79 Å². The lowest BCUT2D eigenvalue weighted by atomic mass is 9.83. The Morgan fingerprint density at radius 1 is 1.21 bits per heavy atom. The third-order valence-electron chi connectivity index (χ3n) is 3.16. The van der Waals surface area contributed by atoms with Gasteiger partial charge < -0.3 is 10.6 Å². The zero-order valence-electron chi connectivity index (χ0n) is 13.2. The van der Waals surface area contributed by atoms with Gasteiger partial charge in [-0.1, -0.05) is 46.1 Å². The fraction of sp³-hybridized carbons (Fsp3) is 0.812. The van der Waals surface area contributed by atoms with Gasteiger partial charge in [-0.3, -0.25) is 4.79 Å². The van der Waals surface area contributed by atoms with E-state index in [0.29, 0.717) is 12.5 Å². The number of rotatable bonds is 5. The predicted octanol–water partition coefficient (Wildman–Crippen LogP) is 3.61. The lowest BCUT2D eigenvalue weighted by Gasteiger charge is -2.30. The molecule has 3 nitrogen and oxygen atoms in total. The van der Waals surface area contributed by atoms with Gasteiger partial charge in [0.2, 0.25) is 5.91 Å². The Kier molecular flexibility index (Phi) is 10.3. The maximum absolute atomic E-state index is 12.0. The summed E-state index contributed by atoms with van der Waals surface area (Å²) in [5.41, 5.74) is 0.877. The molecule has 0 heterocycles. The fourth-order valence-corrected chi connectivity index (χ4v) is 2.41. The Morgan fingerprint density at radius 2 is 1.74 bits per heavy atom. The molecule has 0 aromatic rings. The van der Waals surface area contributed by atoms with E-state index in [4.69, 9.17) is 0 Å². The van der Waals surface area contributed by atoms with Gasteiger partial charge in [0.1, 0.15) is 6.04 Å². The van der Waals surface area contributed by atoms with Crippen molar-refractivity contribution < 1.29 is 4.79 Å². The van der Waals surface area contributed by atoms with Crippen LogP contribution in [0, 0.1) is 5.92 Å². The first-order chi connectivity index (χ1) is 9.06. The van der Waals surface area contributed by atoms with Crippen molar-refractivity contribution in [2.75, 3.05) is 6.54 Å². The lowest BCUT2D eigenvalue weighted by molar-refractivity contribution is -0.124. The first-order valence-electron chi connectivity index (χ1n) is 7.76. The molecule has 1 unspecified atom stereocenters. The topological polar surface area (TPSA) is 41.1 Å². The van der Waals surface area contributed by atoms with Gasteiger partial charge >= 0.3 is 0 Å². The summed E-state index contributed by atoms with van der Waals surface area (Å²) in [7, 11) is 0. The number of carbonyl (C=O) groups is 1. The second-order valence-corrected chi connectivity index (χ2v) is 5.40. The molecule has 1 saturated carbocycles. The second-order valence-electron chi connectivity index (χ2n) is 5.40. The van der Waals surface area contributed by atoms with E-state index in [-0.39, 0.29) is 11.9 Å². The highest BCUT2D eigenvalue weighted by Crippen LogP contribution is 2.26. The van der Waals surface area contributed by atoms with E-state index in [0.717, 1.165) is 18.5 Å². The van der Waals surface area contributed by atoms with Crippen LogP contribution in [0.15, 0.2) is 12.3 Å². The number of carbonyl (C=O) groups excluding carboxylic acids is 1. The summed E-state index contributed by atoms with van der Waals surface area (Å²) in [4.78, 5) is 12.0. The van der Waals surface area contributed by atoms with E-state index >= 15 is 0 Å². The molecule has 0 aliphatic heterocycles. The first kappa shape index (κ1) is 18.0. The van der Waals surface area contributed by atoms with Gasteiger partial charge in [0.25, 0.3) is 0 Å². The van der Waals surface area contributed by atoms with Gasteiger partial charge in [0.15, 0.2) is 0 Å². The van der Waals surface area contributed by atoms with E-state index in [1.807, 2.05) is 13.8 Å². The highest BCUT2D eigenvalue weighted by molar-refractivity contribution is 5.82. The molecule has 1 fully saturated rings. The van der Waals surface area contributed by atoms with Crippen LogP contribution in [0.4, 0.5) is 0 Å². The van der Waals surface area contributed by atoms with Crippen molar-refractivity contribution in [3.05, 3.63) is 12.3 Å². The normalized spacial score (nSPS) is 16.8. The maximum Gasteiger partial charge on any atom is 0.242 e. The minimum absolute atomic E-state index is 0.0854. The monoisotopic (exact) mass is 268 g/mol. The number of hydrogen-bond donors (Lipinski definition) is 2. The average Bonchev–Trinajstić information content (AvgIpc) is 2.38. The van der Waals surface area contributed by atoms with E-state index in [9.17, 15) is 4.79 Å². The molecule has 0 radical (unpaired) electrons. The number of nitrogens with one attached hydrogen (secondary N) is 2. The summed E-state index contributed by atoms with van der Waals surface area (Å²) in [6, 6.07) is -0.0854. The quantitative estimate of drug-likeness (QED) is 0.799. The first-order valence-corrected chi connectivity index (χ1v) is 7.76. The summed E-state index contributed by atoms with van der Waals surface area (Å²) in [5, 5.41) is 6.13. The van der Waals surface area contributed by atoms with Gasteiger partial charge in [-0.05, 0) is 32.6 Å². The molecule has 0 aromatic heterocycles. The molecule has 3 heteroatoms. The minimum Gasteiger partial charge on any atom is -0.378 e. The summed E-state index contributed by atoms with van der Waals surface area (Å²) < 4.78 is 0. The van der Waals surface area contributed by atoms with Gasteiger partial charge in [-0.15, -0.1) is 0 Å². The molecule has 0 spiro atoms. The number of allylic oxidation sites excluding steroid dienone is 1. The van der Waals surface area contributed by atoms with Gasteiger partial charge in [-0.25, -0.2) is 0 Å². The Hall–Kier alpha value is -0.990. The van der Waals surface area contributed by atoms with Crippen LogP contribution in [0.5, 0.6) is 0 Å². The third kappa shape index (κ3) is 7.91. The molecular formula is C16H32N2O. The smallest absolute Gasteiger partial charge is 0.242 e. The van der Waals surface area contributed by atoms with Crippen LogP contribution in [-0.4, -0.2) is 18.5 Å². The van der Waals surface area contributed by atoms with Crippen molar-refractivity contribution in [2.24, 2.45) is 5.92 Å². The summed E-state index contributed by atoms with van der Waals surface area (Å²) >= 11 is 0. The third-order valence-corrected chi connectivity index (χ3v) is 3.16. The lowest BCUT2D eigenvalue weighted by Crippen LogP contribution is -2.48. The highest BCUT2D eigenvalue weighted by Gasteiger charge is 2.28. The van der Waals surface area contributed by atoms with E-state index in [2.05, 4.69) is 31.1 Å². The van der Waals surface area contributed by atoms with Crippen molar-refractivity contribution in [3.8, 4) is 0 Å². The zero-order valence-corrected chi connectivity index (χ0v) is 13.2. The number of hydrogen-bond acceptors (Lipinski definition) is 2. The Morgan fingerprint density at radius 3 is 2.16 bits per heavy atom. The molecule has 1 rings (SSSR count). The van der Waals surface area contributed by atoms with Crippen LogP contribution in [0.2, 0.25) is 0 Å². The summed E-state index contributed by atoms with van der Waals surface area (Å²) in [6.45, 7) is 12.7. The Bertz CT molecular complexity index is 257. The summed E-state index contributed by atoms with van der Waals surface area (Å²) in [5.74, 6) is 0.592. The molecule has 0 bridgehead atoms. The molecule has 2 N–H and O–H groups in total. The molecule has 1 aliphatic rings. The average molecular weight is 268 g/mol. The van der Waals surface area contributed by atoms with Crippen LogP contribution in [0.3, 0.4) is 0 Å². The van der Waals surface area contributed by atoms with Gasteiger partial charge in [-0.2, -0.15) is 0 Å². The standard InChI is InChI=1S/C13H24N2O.C3H8/c1-4-14-13(16)12(15-10(2)3)11-8-6-5-7-9-11;1-3-2/h11-12,15H,2,4-9H2,1,3H3,(H,14,16);3H2,1-2H3. The summed E-state index contributed by atoms with van der Waals surface area (Å²) in [6.07, 6.45) is 7.37. The second kappa shape index (κ2) is 10.9. The molecule has 1 aliphatic carbocycles. The molecule has 1 atom stereocenters. The minimum atomic E-state index is -0.0854. The van der Waals surface area contributed by atoms with Crippen molar-refractivity contribution in [1.29, 1.82) is 0 Å². The Labute approximate surface area is 119 Å². The SMILES string of the molecule is C=C(C)NC(C(=O)NCC)C1CCCCC1.CCC. The molecule has 112 valence electrons. The molecule has 1 amide bonds.